The maximum atomic E-state index is 12.8. The van der Waals surface area contributed by atoms with Crippen LogP contribution in [0, 0.1) is 0 Å². The van der Waals surface area contributed by atoms with Crippen molar-refractivity contribution in [3.63, 3.8) is 0 Å². The topological polar surface area (TPSA) is 80.6 Å². The zero-order chi connectivity index (χ0) is 22.7. The Hall–Kier alpha value is -4.13. The van der Waals surface area contributed by atoms with Crippen molar-refractivity contribution in [3.05, 3.63) is 83.0 Å². The van der Waals surface area contributed by atoms with Gasteiger partial charge in [0.05, 0.1) is 11.0 Å². The molecule has 0 radical (unpaired) electrons. The van der Waals surface area contributed by atoms with E-state index in [2.05, 4.69) is 5.32 Å². The predicted molar refractivity (Wildman–Crippen MR) is 125 cm³/mol. The number of anilines is 1. The van der Waals surface area contributed by atoms with Gasteiger partial charge in [-0.05, 0) is 48.5 Å². The molecule has 0 aliphatic carbocycles. The molecular formula is C25H23N3O4. The highest BCUT2D eigenvalue weighted by molar-refractivity contribution is 5.97. The lowest BCUT2D eigenvalue weighted by atomic mass is 10.1. The monoisotopic (exact) mass is 429 g/mol. The second kappa shape index (κ2) is 8.93. The number of benzene rings is 3. The van der Waals surface area contributed by atoms with E-state index in [1.807, 2.05) is 41.0 Å². The van der Waals surface area contributed by atoms with Crippen molar-refractivity contribution >= 4 is 39.3 Å². The molecule has 0 atom stereocenters. The minimum atomic E-state index is -0.222. The van der Waals surface area contributed by atoms with Gasteiger partial charge in [-0.25, -0.2) is 0 Å². The SMILES string of the molecule is CN(C)C(=O)COc1ccc(NC(=O)Cn2c3ccccc3c(=O)c3ccccc32)cc1. The van der Waals surface area contributed by atoms with Crippen LogP contribution < -0.4 is 15.5 Å². The number of fused-ring (bicyclic) bond motifs is 2. The zero-order valence-electron chi connectivity index (χ0n) is 17.9. The fourth-order valence-electron chi connectivity index (χ4n) is 3.50. The third-order valence-corrected chi connectivity index (χ3v) is 5.18. The number of aromatic nitrogens is 1. The first-order chi connectivity index (χ1) is 15.4. The quantitative estimate of drug-likeness (QED) is 0.477. The Morgan fingerprint density at radius 1 is 0.875 bits per heavy atom. The van der Waals surface area contributed by atoms with E-state index in [1.54, 1.807) is 50.5 Å². The molecule has 4 aromatic rings. The molecule has 0 spiro atoms. The molecule has 2 amide bonds. The van der Waals surface area contributed by atoms with E-state index in [4.69, 9.17) is 4.74 Å². The van der Waals surface area contributed by atoms with Crippen molar-refractivity contribution in [1.82, 2.24) is 9.47 Å². The van der Waals surface area contributed by atoms with Crippen molar-refractivity contribution in [1.29, 1.82) is 0 Å². The molecule has 1 heterocycles. The van der Waals surface area contributed by atoms with Gasteiger partial charge in [-0.15, -0.1) is 0 Å². The predicted octanol–water partition coefficient (Wildman–Crippen LogP) is 3.26. The summed E-state index contributed by atoms with van der Waals surface area (Å²) in [6.45, 7) is 0.00208. The maximum Gasteiger partial charge on any atom is 0.259 e. The van der Waals surface area contributed by atoms with Crippen LogP contribution in [-0.4, -0.2) is 42.0 Å². The Kier molecular flexibility index (Phi) is 5.89. The number of likely N-dealkylation sites (N-methyl/N-ethyl adjacent to an activating group) is 1. The number of nitrogens with one attached hydrogen (secondary N) is 1. The summed E-state index contributed by atoms with van der Waals surface area (Å²) < 4.78 is 7.31. The highest BCUT2D eigenvalue weighted by Crippen LogP contribution is 2.20. The van der Waals surface area contributed by atoms with Crippen LogP contribution in [0.15, 0.2) is 77.6 Å². The molecule has 4 rings (SSSR count). The van der Waals surface area contributed by atoms with Gasteiger partial charge in [0.15, 0.2) is 12.0 Å². The Morgan fingerprint density at radius 3 is 2.00 bits per heavy atom. The molecule has 3 aromatic carbocycles. The molecule has 0 unspecified atom stereocenters. The fraction of sp³-hybridized carbons (Fsp3) is 0.160. The number of carbonyl (C=O) groups is 2. The Labute approximate surface area is 184 Å². The summed E-state index contributed by atoms with van der Waals surface area (Å²) in [4.78, 5) is 38.8. The molecule has 0 aliphatic rings. The molecule has 7 heteroatoms. The van der Waals surface area contributed by atoms with E-state index in [1.165, 1.54) is 4.90 Å². The van der Waals surface area contributed by atoms with Gasteiger partial charge >= 0.3 is 0 Å². The standard InChI is InChI=1S/C25H23N3O4/c1-27(2)24(30)16-32-18-13-11-17(12-14-18)26-23(29)15-28-21-9-5-3-7-19(21)25(31)20-8-4-6-10-22(20)28/h3-14H,15-16H2,1-2H3,(H,26,29). The Bertz CT molecular complexity index is 1300. The molecule has 1 N–H and O–H groups in total. The van der Waals surface area contributed by atoms with E-state index in [-0.39, 0.29) is 30.4 Å². The number of pyridine rings is 1. The number of hydrogen-bond acceptors (Lipinski definition) is 4. The van der Waals surface area contributed by atoms with E-state index < -0.39 is 0 Å². The van der Waals surface area contributed by atoms with E-state index in [0.717, 1.165) is 0 Å². The number of carbonyl (C=O) groups excluding carboxylic acids is 2. The average molecular weight is 429 g/mol. The number of amides is 2. The van der Waals surface area contributed by atoms with Gasteiger partial charge in [0.1, 0.15) is 12.3 Å². The first-order valence-electron chi connectivity index (χ1n) is 10.2. The lowest BCUT2D eigenvalue weighted by molar-refractivity contribution is -0.130. The van der Waals surface area contributed by atoms with Gasteiger partial charge in [-0.2, -0.15) is 0 Å². The van der Waals surface area contributed by atoms with Gasteiger partial charge < -0.3 is 19.5 Å². The first kappa shape index (κ1) is 21.1. The highest BCUT2D eigenvalue weighted by atomic mass is 16.5. The summed E-state index contributed by atoms with van der Waals surface area (Å²) in [7, 11) is 3.33. The van der Waals surface area contributed by atoms with Crippen molar-refractivity contribution in [2.24, 2.45) is 0 Å². The summed E-state index contributed by atoms with van der Waals surface area (Å²) in [5.41, 5.74) is 1.98. The third-order valence-electron chi connectivity index (χ3n) is 5.18. The van der Waals surface area contributed by atoms with Crippen LogP contribution in [0.25, 0.3) is 21.8 Å². The number of ether oxygens (including phenoxy) is 1. The molecular weight excluding hydrogens is 406 g/mol. The zero-order valence-corrected chi connectivity index (χ0v) is 17.9. The van der Waals surface area contributed by atoms with Crippen LogP contribution in [-0.2, 0) is 16.1 Å². The lowest BCUT2D eigenvalue weighted by Gasteiger charge is -2.15. The van der Waals surface area contributed by atoms with Gasteiger partial charge in [0.2, 0.25) is 5.91 Å². The smallest absolute Gasteiger partial charge is 0.259 e. The molecule has 7 nitrogen and oxygen atoms in total. The molecule has 0 fully saturated rings. The van der Waals surface area contributed by atoms with E-state index in [0.29, 0.717) is 33.2 Å². The largest absolute Gasteiger partial charge is 0.484 e. The maximum absolute atomic E-state index is 12.8. The molecule has 0 saturated carbocycles. The molecule has 32 heavy (non-hydrogen) atoms. The highest BCUT2D eigenvalue weighted by Gasteiger charge is 2.13. The van der Waals surface area contributed by atoms with Crippen LogP contribution in [0.4, 0.5) is 5.69 Å². The third kappa shape index (κ3) is 4.32. The van der Waals surface area contributed by atoms with Crippen LogP contribution >= 0.6 is 0 Å². The second-order valence-corrected chi connectivity index (χ2v) is 7.60. The molecule has 162 valence electrons. The van der Waals surface area contributed by atoms with E-state index >= 15 is 0 Å². The van der Waals surface area contributed by atoms with Crippen LogP contribution in [0.2, 0.25) is 0 Å². The van der Waals surface area contributed by atoms with Crippen molar-refractivity contribution in [2.45, 2.75) is 6.54 Å². The normalized spacial score (nSPS) is 10.8. The van der Waals surface area contributed by atoms with Crippen molar-refractivity contribution in [3.8, 4) is 5.75 Å². The molecule has 0 bridgehead atoms. The van der Waals surface area contributed by atoms with Crippen molar-refractivity contribution < 1.29 is 14.3 Å². The molecule has 0 saturated heterocycles. The summed E-state index contributed by atoms with van der Waals surface area (Å²) in [5, 5.41) is 4.03. The minimum Gasteiger partial charge on any atom is -0.484 e. The number of rotatable bonds is 6. The average Bonchev–Trinajstić information content (AvgIpc) is 2.81. The summed E-state index contributed by atoms with van der Waals surface area (Å²) >= 11 is 0. The number of nitrogens with zero attached hydrogens (tertiary/aromatic N) is 2. The molecule has 0 aliphatic heterocycles. The summed E-state index contributed by atoms with van der Waals surface area (Å²) in [6.07, 6.45) is 0. The van der Waals surface area contributed by atoms with Crippen LogP contribution in [0.5, 0.6) is 5.75 Å². The van der Waals surface area contributed by atoms with Gasteiger partial charge in [-0.1, -0.05) is 24.3 Å². The lowest BCUT2D eigenvalue weighted by Crippen LogP contribution is -2.27. The molecule has 1 aromatic heterocycles. The van der Waals surface area contributed by atoms with Gasteiger partial charge in [0, 0.05) is 30.6 Å². The first-order valence-corrected chi connectivity index (χ1v) is 10.2. The number of para-hydroxylation sites is 2. The summed E-state index contributed by atoms with van der Waals surface area (Å²) in [6, 6.07) is 21.4. The second-order valence-electron chi connectivity index (χ2n) is 7.60. The van der Waals surface area contributed by atoms with Crippen LogP contribution in [0.1, 0.15) is 0 Å². The van der Waals surface area contributed by atoms with Gasteiger partial charge in [-0.3, -0.25) is 14.4 Å². The fourth-order valence-corrected chi connectivity index (χ4v) is 3.50. The van der Waals surface area contributed by atoms with Crippen molar-refractivity contribution in [2.75, 3.05) is 26.0 Å². The Morgan fingerprint density at radius 2 is 1.44 bits per heavy atom. The van der Waals surface area contributed by atoms with E-state index in [9.17, 15) is 14.4 Å². The summed E-state index contributed by atoms with van der Waals surface area (Å²) in [5.74, 6) is 0.180. The van der Waals surface area contributed by atoms with Crippen LogP contribution in [0.3, 0.4) is 0 Å². The Balaban J connectivity index is 1.54. The number of hydrogen-bond donors (Lipinski definition) is 1. The van der Waals surface area contributed by atoms with Gasteiger partial charge in [0.25, 0.3) is 5.91 Å². The minimum absolute atomic E-state index is 0.0452.